The number of aryl methyl sites for hydroxylation is 1. The van der Waals surface area contributed by atoms with Gasteiger partial charge in [0.1, 0.15) is 0 Å². The fraction of sp³-hybridized carbons (Fsp3) is 0.133. The number of para-hydroxylation sites is 1. The van der Waals surface area contributed by atoms with Gasteiger partial charge in [-0.25, -0.2) is 0 Å². The van der Waals surface area contributed by atoms with Crippen molar-refractivity contribution in [2.45, 2.75) is 30.6 Å². The normalized spacial score (nSPS) is 14.5. The molecular weight excluding hydrogens is 516 g/mol. The Morgan fingerprint density at radius 2 is 1.61 bits per heavy atom. The van der Waals surface area contributed by atoms with E-state index in [2.05, 4.69) is 54.7 Å². The van der Waals surface area contributed by atoms with Gasteiger partial charge in [0.25, 0.3) is 10.1 Å². The summed E-state index contributed by atoms with van der Waals surface area (Å²) in [5, 5.41) is 6.11. The molecule has 38 heavy (non-hydrogen) atoms. The summed E-state index contributed by atoms with van der Waals surface area (Å²) in [6.45, 7) is 5.64. The van der Waals surface area contributed by atoms with Gasteiger partial charge >= 0.3 is 0 Å². The van der Waals surface area contributed by atoms with Crippen LogP contribution in [-0.4, -0.2) is 29.6 Å². The van der Waals surface area contributed by atoms with Gasteiger partial charge in [0.2, 0.25) is 5.91 Å². The van der Waals surface area contributed by atoms with Crippen LogP contribution >= 0.6 is 10.5 Å². The molecule has 2 N–H and O–H groups in total. The zero-order valence-corrected chi connectivity index (χ0v) is 23.1. The second-order valence-electron chi connectivity index (χ2n) is 8.66. The van der Waals surface area contributed by atoms with E-state index in [9.17, 15) is 13.2 Å². The van der Waals surface area contributed by atoms with Gasteiger partial charge in [0.05, 0.1) is 15.6 Å². The monoisotopic (exact) mass is 546 g/mol. The summed E-state index contributed by atoms with van der Waals surface area (Å²) < 4.78 is 29.6. The van der Waals surface area contributed by atoms with Gasteiger partial charge in [0, 0.05) is 29.1 Å². The molecule has 1 aliphatic rings. The third-order valence-corrected chi connectivity index (χ3v) is 9.11. The number of fused-ring (bicyclic) bond motifs is 3. The van der Waals surface area contributed by atoms with Crippen molar-refractivity contribution in [3.05, 3.63) is 109 Å². The summed E-state index contributed by atoms with van der Waals surface area (Å²) >= 11 is 0. The Hall–Kier alpha value is -3.72. The number of amides is 1. The lowest BCUT2D eigenvalue weighted by Gasteiger charge is -2.16. The largest absolute Gasteiger partial charge is 0.349 e. The Balaban J connectivity index is 0.000000257. The van der Waals surface area contributed by atoms with Crippen molar-refractivity contribution < 1.29 is 17.8 Å². The Kier molecular flexibility index (Phi) is 8.46. The maximum absolute atomic E-state index is 12.1. The van der Waals surface area contributed by atoms with Crippen molar-refractivity contribution in [2.75, 3.05) is 16.0 Å². The van der Waals surface area contributed by atoms with Crippen LogP contribution in [0.15, 0.2) is 113 Å². The molecule has 0 aromatic heterocycles. The molecule has 1 aliphatic heterocycles. The first kappa shape index (κ1) is 27.3. The molecule has 1 unspecified atom stereocenters. The summed E-state index contributed by atoms with van der Waals surface area (Å²) in [7, 11) is -4.03. The number of carbonyl (C=O) groups is 1. The number of nitrogens with zero attached hydrogens (tertiary/aromatic N) is 1. The quantitative estimate of drug-likeness (QED) is 0.162. The van der Waals surface area contributed by atoms with Crippen LogP contribution in [0.1, 0.15) is 19.4 Å². The fourth-order valence-electron chi connectivity index (χ4n) is 4.14. The van der Waals surface area contributed by atoms with Crippen molar-refractivity contribution in [2.24, 2.45) is 0 Å². The smallest absolute Gasteiger partial charge is 0.294 e. The molecule has 0 saturated heterocycles. The van der Waals surface area contributed by atoms with E-state index in [0.717, 1.165) is 22.0 Å². The maximum atomic E-state index is 12.1. The minimum Gasteiger partial charge on any atom is -0.349 e. The van der Waals surface area contributed by atoms with E-state index in [1.165, 1.54) is 33.5 Å². The number of nitrogens with one attached hydrogen (secondary N) is 1. The van der Waals surface area contributed by atoms with E-state index in [0.29, 0.717) is 0 Å². The predicted molar refractivity (Wildman–Crippen MR) is 159 cm³/mol. The molecule has 4 aromatic rings. The zero-order valence-electron chi connectivity index (χ0n) is 21.5. The Morgan fingerprint density at radius 1 is 0.947 bits per heavy atom. The number of anilines is 2. The molecule has 0 radical (unpaired) electrons. The number of benzene rings is 4. The molecule has 8 heteroatoms. The summed E-state index contributed by atoms with van der Waals surface area (Å²) in [6, 6.07) is 28.6. The first-order chi connectivity index (χ1) is 18.2. The van der Waals surface area contributed by atoms with E-state index in [-0.39, 0.29) is 21.3 Å². The molecule has 0 spiro atoms. The Labute approximate surface area is 226 Å². The molecular formula is C30H30N2O4S2. The third-order valence-electron chi connectivity index (χ3n) is 6.03. The van der Waals surface area contributed by atoms with Crippen LogP contribution < -0.4 is 10.2 Å². The second kappa shape index (κ2) is 11.8. The van der Waals surface area contributed by atoms with Crippen LogP contribution in [0.2, 0.25) is 0 Å². The van der Waals surface area contributed by atoms with E-state index in [1.54, 1.807) is 24.0 Å². The number of hydrogen-bond acceptors (Lipinski definition) is 4. The molecule has 0 saturated carbocycles. The zero-order chi connectivity index (χ0) is 27.3. The van der Waals surface area contributed by atoms with E-state index >= 15 is 0 Å². The molecule has 1 heterocycles. The molecule has 0 fully saturated rings. The van der Waals surface area contributed by atoms with Crippen molar-refractivity contribution >= 4 is 53.6 Å². The molecule has 196 valence electrons. The molecule has 5 rings (SSSR count). The van der Waals surface area contributed by atoms with Crippen LogP contribution in [0.5, 0.6) is 0 Å². The molecule has 1 amide bonds. The summed E-state index contributed by atoms with van der Waals surface area (Å²) in [4.78, 5) is 16.3. The van der Waals surface area contributed by atoms with Crippen LogP contribution in [0.25, 0.3) is 10.8 Å². The minimum atomic E-state index is -4.02. The highest BCUT2D eigenvalue weighted by Crippen LogP contribution is 2.44. The van der Waals surface area contributed by atoms with Gasteiger partial charge in [-0.05, 0) is 54.5 Å². The fourth-order valence-corrected chi connectivity index (χ4v) is 6.57. The molecule has 6 nitrogen and oxygen atoms in total. The lowest BCUT2D eigenvalue weighted by atomic mass is 10.1. The van der Waals surface area contributed by atoms with Gasteiger partial charge in [-0.15, -0.1) is 10.5 Å². The highest BCUT2D eigenvalue weighted by molar-refractivity contribution is 8.16. The average Bonchev–Trinajstić information content (AvgIpc) is 3.27. The maximum Gasteiger partial charge on any atom is 0.294 e. The third kappa shape index (κ3) is 6.22. The van der Waals surface area contributed by atoms with E-state index < -0.39 is 10.1 Å². The predicted octanol–water partition coefficient (Wildman–Crippen LogP) is 6.85. The first-order valence-corrected chi connectivity index (χ1v) is 15.0. The minimum absolute atomic E-state index is 0.00427. The molecule has 0 aliphatic carbocycles. The van der Waals surface area contributed by atoms with Crippen LogP contribution in [0.3, 0.4) is 0 Å². The van der Waals surface area contributed by atoms with Crippen LogP contribution in [-0.2, 0) is 14.9 Å². The van der Waals surface area contributed by atoms with Gasteiger partial charge in [-0.1, -0.05) is 73.2 Å². The van der Waals surface area contributed by atoms with Crippen molar-refractivity contribution in [1.29, 1.82) is 0 Å². The van der Waals surface area contributed by atoms with Crippen molar-refractivity contribution in [3.63, 3.8) is 0 Å². The number of carbonyl (C=O) groups excluding carboxylic acids is 1. The summed E-state index contributed by atoms with van der Waals surface area (Å²) in [5.74, 6) is 1.03. The summed E-state index contributed by atoms with van der Waals surface area (Å²) in [5.41, 5.74) is 3.03. The molecule has 1 atom stereocenters. The highest BCUT2D eigenvalue weighted by Gasteiger charge is 2.20. The topological polar surface area (TPSA) is 86.7 Å². The molecule has 4 aromatic carbocycles. The Morgan fingerprint density at radius 3 is 2.24 bits per heavy atom. The van der Waals surface area contributed by atoms with Gasteiger partial charge in [-0.3, -0.25) is 14.2 Å². The van der Waals surface area contributed by atoms with Crippen LogP contribution in [0.4, 0.5) is 11.4 Å². The van der Waals surface area contributed by atoms with E-state index in [1.807, 2.05) is 43.5 Å². The first-order valence-electron chi connectivity index (χ1n) is 12.1. The van der Waals surface area contributed by atoms with E-state index in [4.69, 9.17) is 4.55 Å². The lowest BCUT2D eigenvalue weighted by Crippen LogP contribution is -2.22. The number of rotatable bonds is 5. The highest BCUT2D eigenvalue weighted by atomic mass is 32.2. The van der Waals surface area contributed by atoms with Gasteiger partial charge < -0.3 is 5.32 Å². The second-order valence-corrected chi connectivity index (χ2v) is 12.3. The average molecular weight is 547 g/mol. The SMILES string of the molecule is CCS1=C(C=CN(C(C)=O)c2ccccc2)Nc2c1ccc1ccccc21.Cc1ccc(S(=O)(=O)O)cc1. The van der Waals surface area contributed by atoms with Gasteiger partial charge in [-0.2, -0.15) is 8.42 Å². The molecule has 0 bridgehead atoms. The van der Waals surface area contributed by atoms with Crippen molar-refractivity contribution in [1.82, 2.24) is 0 Å². The number of hydrogen-bond donors (Lipinski definition) is 2. The van der Waals surface area contributed by atoms with Gasteiger partial charge in [0.15, 0.2) is 0 Å². The Bertz CT molecular complexity index is 1630. The van der Waals surface area contributed by atoms with Crippen LogP contribution in [0, 0.1) is 6.92 Å². The standard InChI is InChI=1S/C23H22N2OS.C7H8O3S/c1-3-27-21-14-13-18-9-7-8-12-20(18)23(21)24-22(27)15-16-25(17(2)26)19-10-5-4-6-11-19;1-6-2-4-7(5-3-6)11(8,9)10/h4-16,24H,3H2,1-2H3;2-5H,1H3,(H,8,9,10). The summed E-state index contributed by atoms with van der Waals surface area (Å²) in [6.07, 6.45) is 3.93. The van der Waals surface area contributed by atoms with Crippen molar-refractivity contribution in [3.8, 4) is 0 Å². The lowest BCUT2D eigenvalue weighted by molar-refractivity contribution is -0.116.